The summed E-state index contributed by atoms with van der Waals surface area (Å²) in [5, 5.41) is 21.0. The predicted octanol–water partition coefficient (Wildman–Crippen LogP) is 0.563. The lowest BCUT2D eigenvalue weighted by Gasteiger charge is -2.12. The summed E-state index contributed by atoms with van der Waals surface area (Å²) in [4.78, 5) is 10.9. The molecule has 0 radical (unpaired) electrons. The molecule has 1 aliphatic heterocycles. The number of carbonyl (C=O) groups is 1. The summed E-state index contributed by atoms with van der Waals surface area (Å²) in [6.45, 7) is 1.93. The largest absolute Gasteiger partial charge is 0.492 e. The Morgan fingerprint density at radius 3 is 2.88 bits per heavy atom. The van der Waals surface area contributed by atoms with Crippen LogP contribution in [0.5, 0.6) is 5.75 Å². The highest BCUT2D eigenvalue weighted by Gasteiger charge is 2.21. The molecule has 1 aliphatic rings. The molecule has 0 aliphatic carbocycles. The predicted molar refractivity (Wildman–Crippen MR) is 57.1 cm³/mol. The van der Waals surface area contributed by atoms with Crippen molar-refractivity contribution >= 4 is 11.6 Å². The third-order valence-electron chi connectivity index (χ3n) is 2.41. The van der Waals surface area contributed by atoms with Gasteiger partial charge < -0.3 is 20.3 Å². The Morgan fingerprint density at radius 1 is 1.50 bits per heavy atom. The maximum Gasteiger partial charge on any atom is 0.221 e. The van der Waals surface area contributed by atoms with Crippen LogP contribution in [0.1, 0.15) is 24.3 Å². The van der Waals surface area contributed by atoms with Crippen molar-refractivity contribution in [2.75, 3.05) is 11.9 Å². The van der Waals surface area contributed by atoms with Crippen molar-refractivity contribution in [3.63, 3.8) is 0 Å². The number of aliphatic hydroxyl groups is 2. The van der Waals surface area contributed by atoms with E-state index in [0.29, 0.717) is 30.0 Å². The highest BCUT2D eigenvalue weighted by Crippen LogP contribution is 2.35. The lowest BCUT2D eigenvalue weighted by molar-refractivity contribution is -0.114. The van der Waals surface area contributed by atoms with Crippen LogP contribution >= 0.6 is 0 Å². The number of rotatable bonds is 2. The molecule has 2 rings (SSSR count). The smallest absolute Gasteiger partial charge is 0.221 e. The first-order valence-corrected chi connectivity index (χ1v) is 5.01. The molecule has 0 bridgehead atoms. The third-order valence-corrected chi connectivity index (χ3v) is 2.41. The summed E-state index contributed by atoms with van der Waals surface area (Å²) >= 11 is 0. The number of aliphatic hydroxyl groups excluding tert-OH is 1. The van der Waals surface area contributed by atoms with Gasteiger partial charge in [-0.25, -0.2) is 0 Å². The Labute approximate surface area is 92.7 Å². The van der Waals surface area contributed by atoms with Gasteiger partial charge in [0.15, 0.2) is 6.29 Å². The number of hydrogen-bond acceptors (Lipinski definition) is 4. The standard InChI is InChI=1S/C11H13NO4/c1-6(13)12-8-4-7-2-3-16-10(7)9(5-8)11(14)15/h4-5,11,14-15H,2-3H2,1H3,(H,12,13). The van der Waals surface area contributed by atoms with Gasteiger partial charge >= 0.3 is 0 Å². The summed E-state index contributed by atoms with van der Waals surface area (Å²) in [5.41, 5.74) is 1.73. The van der Waals surface area contributed by atoms with E-state index in [1.807, 2.05) is 0 Å². The molecule has 0 unspecified atom stereocenters. The Kier molecular flexibility index (Phi) is 2.80. The average molecular weight is 223 g/mol. The van der Waals surface area contributed by atoms with Crippen LogP contribution in [0.2, 0.25) is 0 Å². The first-order chi connectivity index (χ1) is 7.58. The molecule has 1 aromatic rings. The van der Waals surface area contributed by atoms with Crippen molar-refractivity contribution in [3.8, 4) is 5.75 Å². The number of benzene rings is 1. The first-order valence-electron chi connectivity index (χ1n) is 5.01. The molecule has 0 fully saturated rings. The van der Waals surface area contributed by atoms with E-state index >= 15 is 0 Å². The van der Waals surface area contributed by atoms with E-state index in [-0.39, 0.29) is 5.91 Å². The fraction of sp³-hybridized carbons (Fsp3) is 0.364. The van der Waals surface area contributed by atoms with Gasteiger partial charge in [-0.1, -0.05) is 0 Å². The second kappa shape index (κ2) is 4.11. The molecule has 1 amide bonds. The van der Waals surface area contributed by atoms with Gasteiger partial charge in [0, 0.05) is 24.6 Å². The number of nitrogens with one attached hydrogen (secondary N) is 1. The van der Waals surface area contributed by atoms with E-state index in [9.17, 15) is 15.0 Å². The fourth-order valence-electron chi connectivity index (χ4n) is 1.81. The molecule has 3 N–H and O–H groups in total. The Morgan fingerprint density at radius 2 is 2.25 bits per heavy atom. The van der Waals surface area contributed by atoms with E-state index < -0.39 is 6.29 Å². The van der Waals surface area contributed by atoms with Crippen LogP contribution in [-0.4, -0.2) is 22.7 Å². The Bertz CT molecular complexity index is 428. The lowest BCUT2D eigenvalue weighted by Crippen LogP contribution is -2.07. The van der Waals surface area contributed by atoms with Gasteiger partial charge in [-0.05, 0) is 12.1 Å². The maximum absolute atomic E-state index is 10.9. The molecule has 0 saturated heterocycles. The molecule has 0 spiro atoms. The van der Waals surface area contributed by atoms with Crippen LogP contribution in [0.3, 0.4) is 0 Å². The van der Waals surface area contributed by atoms with E-state index in [1.165, 1.54) is 13.0 Å². The highest BCUT2D eigenvalue weighted by atomic mass is 16.5. The van der Waals surface area contributed by atoms with Crippen molar-refractivity contribution in [1.29, 1.82) is 0 Å². The quantitative estimate of drug-likeness (QED) is 0.640. The molecule has 1 aromatic carbocycles. The summed E-state index contributed by atoms with van der Waals surface area (Å²) in [6.07, 6.45) is -0.886. The average Bonchev–Trinajstić information content (AvgIpc) is 2.62. The number of amides is 1. The van der Waals surface area contributed by atoms with Crippen LogP contribution < -0.4 is 10.1 Å². The summed E-state index contributed by atoms with van der Waals surface area (Å²) in [6, 6.07) is 3.30. The molecule has 5 heteroatoms. The SMILES string of the molecule is CC(=O)Nc1cc2c(c(C(O)O)c1)OCC2. The summed E-state index contributed by atoms with van der Waals surface area (Å²) < 4.78 is 5.32. The topological polar surface area (TPSA) is 78.8 Å². The van der Waals surface area contributed by atoms with Crippen LogP contribution in [0.4, 0.5) is 5.69 Å². The lowest BCUT2D eigenvalue weighted by atomic mass is 10.1. The highest BCUT2D eigenvalue weighted by molar-refractivity contribution is 5.89. The van der Waals surface area contributed by atoms with Gasteiger partial charge in [0.05, 0.1) is 12.2 Å². The van der Waals surface area contributed by atoms with E-state index in [2.05, 4.69) is 5.32 Å². The molecular formula is C11H13NO4. The second-order valence-corrected chi connectivity index (χ2v) is 3.71. The molecule has 1 heterocycles. The maximum atomic E-state index is 10.9. The minimum atomic E-state index is -1.60. The zero-order valence-electron chi connectivity index (χ0n) is 8.86. The Hall–Kier alpha value is -1.59. The Balaban J connectivity index is 2.43. The van der Waals surface area contributed by atoms with Gasteiger partial charge in [-0.15, -0.1) is 0 Å². The second-order valence-electron chi connectivity index (χ2n) is 3.71. The van der Waals surface area contributed by atoms with Crippen LogP contribution in [0, 0.1) is 0 Å². The molecular weight excluding hydrogens is 210 g/mol. The van der Waals surface area contributed by atoms with Crippen molar-refractivity contribution in [3.05, 3.63) is 23.3 Å². The van der Waals surface area contributed by atoms with Crippen molar-refractivity contribution < 1.29 is 19.7 Å². The third kappa shape index (κ3) is 2.00. The monoisotopic (exact) mass is 223 g/mol. The van der Waals surface area contributed by atoms with Gasteiger partial charge in [-0.3, -0.25) is 4.79 Å². The summed E-state index contributed by atoms with van der Waals surface area (Å²) in [7, 11) is 0. The van der Waals surface area contributed by atoms with E-state index in [1.54, 1.807) is 6.07 Å². The number of carbonyl (C=O) groups excluding carboxylic acids is 1. The molecule has 0 aromatic heterocycles. The van der Waals surface area contributed by atoms with E-state index in [0.717, 1.165) is 5.56 Å². The van der Waals surface area contributed by atoms with Gasteiger partial charge in [-0.2, -0.15) is 0 Å². The van der Waals surface area contributed by atoms with E-state index in [4.69, 9.17) is 4.74 Å². The number of hydrogen-bond donors (Lipinski definition) is 3. The molecule has 16 heavy (non-hydrogen) atoms. The normalized spacial score (nSPS) is 13.5. The zero-order chi connectivity index (χ0) is 11.7. The number of ether oxygens (including phenoxy) is 1. The molecule has 0 atom stereocenters. The fourth-order valence-corrected chi connectivity index (χ4v) is 1.81. The minimum absolute atomic E-state index is 0.197. The minimum Gasteiger partial charge on any atom is -0.492 e. The van der Waals surface area contributed by atoms with Crippen LogP contribution in [0.25, 0.3) is 0 Å². The van der Waals surface area contributed by atoms with Crippen molar-refractivity contribution in [2.45, 2.75) is 19.6 Å². The summed E-state index contributed by atoms with van der Waals surface area (Å²) in [5.74, 6) is 0.321. The number of anilines is 1. The van der Waals surface area contributed by atoms with Crippen molar-refractivity contribution in [2.24, 2.45) is 0 Å². The molecule has 0 saturated carbocycles. The first kappa shape index (κ1) is 10.9. The van der Waals surface area contributed by atoms with Crippen molar-refractivity contribution in [1.82, 2.24) is 0 Å². The molecule has 86 valence electrons. The number of fused-ring (bicyclic) bond motifs is 1. The molecule has 5 nitrogen and oxygen atoms in total. The van der Waals surface area contributed by atoms with Gasteiger partial charge in [0.2, 0.25) is 5.91 Å². The van der Waals surface area contributed by atoms with Crippen LogP contribution in [-0.2, 0) is 11.2 Å². The van der Waals surface area contributed by atoms with Crippen LogP contribution in [0.15, 0.2) is 12.1 Å². The van der Waals surface area contributed by atoms with Gasteiger partial charge in [0.25, 0.3) is 0 Å². The zero-order valence-corrected chi connectivity index (χ0v) is 8.86. The van der Waals surface area contributed by atoms with Gasteiger partial charge in [0.1, 0.15) is 5.75 Å².